The van der Waals surface area contributed by atoms with E-state index >= 15 is 0 Å². The molecule has 0 unspecified atom stereocenters. The number of halogens is 3. The highest BCUT2D eigenvalue weighted by Crippen LogP contribution is 2.33. The Hall–Kier alpha value is -4.67. The zero-order chi connectivity index (χ0) is 25.2. The van der Waals surface area contributed by atoms with E-state index < -0.39 is 34.7 Å². The summed E-state index contributed by atoms with van der Waals surface area (Å²) in [4.78, 5) is 37.2. The van der Waals surface area contributed by atoms with Crippen LogP contribution < -0.4 is 16.1 Å². The number of benzene rings is 2. The van der Waals surface area contributed by atoms with Crippen LogP contribution in [0.1, 0.15) is 32.3 Å². The van der Waals surface area contributed by atoms with Crippen molar-refractivity contribution in [3.05, 3.63) is 106 Å². The molecule has 2 amide bonds. The molecular formula is C24H17F3N4O4. The summed E-state index contributed by atoms with van der Waals surface area (Å²) in [7, 11) is 0. The van der Waals surface area contributed by atoms with Crippen molar-refractivity contribution in [3.8, 4) is 5.69 Å². The topological polar surface area (TPSA) is 106 Å². The lowest BCUT2D eigenvalue weighted by Crippen LogP contribution is -2.27. The summed E-state index contributed by atoms with van der Waals surface area (Å²) in [6.45, 7) is 1.42. The van der Waals surface area contributed by atoms with Gasteiger partial charge in [0.25, 0.3) is 11.8 Å². The SMILES string of the molecule is Cc1cc(=O)c(C(=O)Nc2ccc(NC(=O)c3ccco3)cc2)nn1-c1ccccc1C(F)(F)F. The summed E-state index contributed by atoms with van der Waals surface area (Å²) in [6, 6.07) is 14.8. The number of para-hydroxylation sites is 1. The Morgan fingerprint density at radius 3 is 2.14 bits per heavy atom. The Balaban J connectivity index is 1.57. The van der Waals surface area contributed by atoms with E-state index in [1.807, 2.05) is 0 Å². The molecule has 0 saturated heterocycles. The van der Waals surface area contributed by atoms with E-state index in [4.69, 9.17) is 4.42 Å². The van der Waals surface area contributed by atoms with E-state index in [2.05, 4.69) is 15.7 Å². The van der Waals surface area contributed by atoms with Crippen molar-refractivity contribution in [3.63, 3.8) is 0 Å². The monoisotopic (exact) mass is 482 g/mol. The van der Waals surface area contributed by atoms with Gasteiger partial charge >= 0.3 is 6.18 Å². The lowest BCUT2D eigenvalue weighted by Gasteiger charge is -2.16. The summed E-state index contributed by atoms with van der Waals surface area (Å²) < 4.78 is 46.3. The maximum Gasteiger partial charge on any atom is 0.418 e. The number of furan rings is 1. The molecular weight excluding hydrogens is 465 g/mol. The number of rotatable bonds is 5. The van der Waals surface area contributed by atoms with Crippen molar-refractivity contribution in [2.45, 2.75) is 13.1 Å². The standard InChI is InChI=1S/C24H17F3N4O4/c1-14-13-19(32)21(30-31(14)18-6-3-2-5-17(18)24(25,26)27)23(34)29-16-10-8-15(9-11-16)28-22(33)20-7-4-12-35-20/h2-13H,1H3,(H,28,33)(H,29,34). The van der Waals surface area contributed by atoms with Crippen LogP contribution in [-0.2, 0) is 6.18 Å². The van der Waals surface area contributed by atoms with Crippen LogP contribution in [0.5, 0.6) is 0 Å². The smallest absolute Gasteiger partial charge is 0.418 e. The molecule has 4 rings (SSSR count). The number of nitrogens with one attached hydrogen (secondary N) is 2. The van der Waals surface area contributed by atoms with Gasteiger partial charge in [0.2, 0.25) is 5.43 Å². The lowest BCUT2D eigenvalue weighted by atomic mass is 10.1. The van der Waals surface area contributed by atoms with Gasteiger partial charge in [-0.1, -0.05) is 12.1 Å². The maximum atomic E-state index is 13.5. The fourth-order valence-electron chi connectivity index (χ4n) is 3.27. The Bertz CT molecular complexity index is 1440. The van der Waals surface area contributed by atoms with Crippen molar-refractivity contribution in [1.29, 1.82) is 0 Å². The van der Waals surface area contributed by atoms with E-state index in [-0.39, 0.29) is 22.8 Å². The first-order valence-electron chi connectivity index (χ1n) is 10.2. The van der Waals surface area contributed by atoms with E-state index in [0.717, 1.165) is 16.8 Å². The molecule has 11 heteroatoms. The summed E-state index contributed by atoms with van der Waals surface area (Å²) in [5.74, 6) is -1.24. The van der Waals surface area contributed by atoms with Gasteiger partial charge in [-0.3, -0.25) is 14.4 Å². The van der Waals surface area contributed by atoms with Gasteiger partial charge in [-0.15, -0.1) is 0 Å². The van der Waals surface area contributed by atoms with Crippen LogP contribution in [0.4, 0.5) is 24.5 Å². The molecule has 0 aliphatic heterocycles. The Morgan fingerprint density at radius 1 is 0.914 bits per heavy atom. The third kappa shape index (κ3) is 5.13. The van der Waals surface area contributed by atoms with E-state index in [9.17, 15) is 27.6 Å². The van der Waals surface area contributed by atoms with Gasteiger partial charge in [0.15, 0.2) is 11.5 Å². The van der Waals surface area contributed by atoms with Gasteiger partial charge in [-0.2, -0.15) is 18.3 Å². The van der Waals surface area contributed by atoms with E-state index in [1.165, 1.54) is 61.7 Å². The zero-order valence-electron chi connectivity index (χ0n) is 18.1. The van der Waals surface area contributed by atoms with Crippen LogP contribution >= 0.6 is 0 Å². The van der Waals surface area contributed by atoms with Crippen molar-refractivity contribution in [2.24, 2.45) is 0 Å². The number of amides is 2. The average Bonchev–Trinajstić information content (AvgIpc) is 3.35. The Labute approximate surface area is 196 Å². The summed E-state index contributed by atoms with van der Waals surface area (Å²) >= 11 is 0. The highest BCUT2D eigenvalue weighted by atomic mass is 19.4. The van der Waals surface area contributed by atoms with Crippen LogP contribution in [0.25, 0.3) is 5.69 Å². The summed E-state index contributed by atoms with van der Waals surface area (Å²) in [5, 5.41) is 9.02. The van der Waals surface area contributed by atoms with Gasteiger partial charge in [0.1, 0.15) is 0 Å². The molecule has 2 heterocycles. The molecule has 178 valence electrons. The average molecular weight is 482 g/mol. The molecule has 0 fully saturated rings. The minimum atomic E-state index is -4.66. The van der Waals surface area contributed by atoms with Gasteiger partial charge in [-0.25, -0.2) is 4.68 Å². The van der Waals surface area contributed by atoms with Crippen LogP contribution in [0, 0.1) is 6.92 Å². The number of aromatic nitrogens is 2. The molecule has 35 heavy (non-hydrogen) atoms. The molecule has 8 nitrogen and oxygen atoms in total. The van der Waals surface area contributed by atoms with Crippen molar-refractivity contribution < 1.29 is 27.2 Å². The van der Waals surface area contributed by atoms with Crippen molar-refractivity contribution in [1.82, 2.24) is 9.78 Å². The lowest BCUT2D eigenvalue weighted by molar-refractivity contribution is -0.137. The molecule has 0 spiro atoms. The van der Waals surface area contributed by atoms with Gasteiger partial charge in [-0.05, 0) is 55.5 Å². The summed E-state index contributed by atoms with van der Waals surface area (Å²) in [5.41, 5.74) is -1.79. The number of anilines is 2. The van der Waals surface area contributed by atoms with Crippen LogP contribution in [0.15, 0.2) is 82.2 Å². The van der Waals surface area contributed by atoms with Crippen molar-refractivity contribution >= 4 is 23.2 Å². The molecule has 2 aromatic carbocycles. The number of aryl methyl sites for hydroxylation is 1. The number of alkyl halides is 3. The minimum absolute atomic E-state index is 0.121. The number of carbonyl (C=O) groups excluding carboxylic acids is 2. The number of hydrogen-bond acceptors (Lipinski definition) is 5. The fourth-order valence-corrected chi connectivity index (χ4v) is 3.27. The molecule has 4 aromatic rings. The van der Waals surface area contributed by atoms with E-state index in [1.54, 1.807) is 6.07 Å². The van der Waals surface area contributed by atoms with Gasteiger partial charge < -0.3 is 15.1 Å². The highest BCUT2D eigenvalue weighted by molar-refractivity contribution is 6.04. The minimum Gasteiger partial charge on any atom is -0.459 e. The van der Waals surface area contributed by atoms with Crippen LogP contribution in [-0.4, -0.2) is 21.6 Å². The Kier molecular flexibility index (Phi) is 6.24. The van der Waals surface area contributed by atoms with Gasteiger partial charge in [0.05, 0.1) is 17.5 Å². The van der Waals surface area contributed by atoms with Crippen LogP contribution in [0.2, 0.25) is 0 Å². The molecule has 0 saturated carbocycles. The molecule has 2 N–H and O–H groups in total. The van der Waals surface area contributed by atoms with Gasteiger partial charge in [0, 0.05) is 23.1 Å². The Morgan fingerprint density at radius 2 is 1.54 bits per heavy atom. The number of nitrogens with zero attached hydrogens (tertiary/aromatic N) is 2. The first kappa shape index (κ1) is 23.5. The molecule has 0 radical (unpaired) electrons. The second-order valence-electron chi connectivity index (χ2n) is 7.39. The third-order valence-corrected chi connectivity index (χ3v) is 4.91. The second kappa shape index (κ2) is 9.29. The molecule has 0 aliphatic rings. The first-order valence-corrected chi connectivity index (χ1v) is 10.2. The highest BCUT2D eigenvalue weighted by Gasteiger charge is 2.34. The molecule has 0 bridgehead atoms. The normalized spacial score (nSPS) is 11.2. The van der Waals surface area contributed by atoms with E-state index in [0.29, 0.717) is 5.69 Å². The quantitative estimate of drug-likeness (QED) is 0.431. The predicted octanol–water partition coefficient (Wildman–Crippen LogP) is 4.66. The van der Waals surface area contributed by atoms with Crippen molar-refractivity contribution in [2.75, 3.05) is 10.6 Å². The third-order valence-electron chi connectivity index (χ3n) is 4.91. The molecule has 2 aromatic heterocycles. The molecule has 0 aliphatic carbocycles. The summed E-state index contributed by atoms with van der Waals surface area (Å²) in [6.07, 6.45) is -3.30. The fraction of sp³-hybridized carbons (Fsp3) is 0.0833. The zero-order valence-corrected chi connectivity index (χ0v) is 18.1. The first-order chi connectivity index (χ1) is 16.6. The number of hydrogen-bond donors (Lipinski definition) is 2. The second-order valence-corrected chi connectivity index (χ2v) is 7.39. The van der Waals surface area contributed by atoms with Crippen LogP contribution in [0.3, 0.4) is 0 Å². The maximum absolute atomic E-state index is 13.5. The molecule has 0 atom stereocenters. The predicted molar refractivity (Wildman–Crippen MR) is 121 cm³/mol. The largest absolute Gasteiger partial charge is 0.459 e. The number of carbonyl (C=O) groups is 2.